The molecule has 0 amide bonds. The third-order valence-corrected chi connectivity index (χ3v) is 3.12. The number of aromatic nitrogens is 2. The number of anilines is 1. The van der Waals surface area contributed by atoms with Crippen molar-refractivity contribution in [3.63, 3.8) is 0 Å². The number of hydrogen-bond acceptors (Lipinski definition) is 4. The normalized spacial score (nSPS) is 11.9. The molecular weight excluding hydrogens is 254 g/mol. The van der Waals surface area contributed by atoms with E-state index in [0.717, 1.165) is 12.0 Å². The molecule has 104 valence electrons. The Morgan fingerprint density at radius 2 is 1.95 bits per heavy atom. The lowest BCUT2D eigenvalue weighted by Gasteiger charge is -2.15. The quantitative estimate of drug-likeness (QED) is 0.874. The number of carbonyl (C=O) groups is 1. The number of hydrogen-bond donors (Lipinski definition) is 2. The van der Waals surface area contributed by atoms with Crippen LogP contribution >= 0.6 is 0 Å². The summed E-state index contributed by atoms with van der Waals surface area (Å²) in [4.78, 5) is 18.6. The minimum absolute atomic E-state index is 0.0597. The summed E-state index contributed by atoms with van der Waals surface area (Å²) in [7, 11) is 0. The summed E-state index contributed by atoms with van der Waals surface area (Å²) in [6.07, 6.45) is 3.70. The average molecular weight is 271 g/mol. The van der Waals surface area contributed by atoms with Crippen LogP contribution in [-0.4, -0.2) is 21.0 Å². The van der Waals surface area contributed by atoms with Crippen LogP contribution in [0.1, 0.15) is 41.5 Å². The molecule has 2 rings (SSSR count). The molecule has 0 aliphatic heterocycles. The van der Waals surface area contributed by atoms with Gasteiger partial charge in [0.15, 0.2) is 5.69 Å². The Morgan fingerprint density at radius 1 is 1.25 bits per heavy atom. The fourth-order valence-electron chi connectivity index (χ4n) is 1.86. The molecule has 1 aromatic carbocycles. The van der Waals surface area contributed by atoms with Crippen LogP contribution in [-0.2, 0) is 6.42 Å². The zero-order chi connectivity index (χ0) is 14.5. The lowest BCUT2D eigenvalue weighted by Crippen LogP contribution is -2.09. The van der Waals surface area contributed by atoms with Gasteiger partial charge in [-0.15, -0.1) is 0 Å². The largest absolute Gasteiger partial charge is 0.476 e. The van der Waals surface area contributed by atoms with Crippen LogP contribution in [0.15, 0.2) is 36.7 Å². The highest BCUT2D eigenvalue weighted by Crippen LogP contribution is 2.18. The number of benzene rings is 1. The van der Waals surface area contributed by atoms with Gasteiger partial charge in [-0.25, -0.2) is 14.8 Å². The second-order valence-electron chi connectivity index (χ2n) is 4.55. The standard InChI is InChI=1S/C15H17N3O2/c1-3-11-4-6-12(7-5-11)10(2)18-14-9-16-13(8-17-14)15(19)20/h4-10H,3H2,1-2H3,(H,17,18)(H,19,20). The van der Waals surface area contributed by atoms with Crippen molar-refractivity contribution in [3.8, 4) is 0 Å². The van der Waals surface area contributed by atoms with E-state index in [1.165, 1.54) is 18.0 Å². The Hall–Kier alpha value is -2.43. The van der Waals surface area contributed by atoms with Gasteiger partial charge in [-0.05, 0) is 24.5 Å². The molecular formula is C15H17N3O2. The Kier molecular flexibility index (Phi) is 4.30. The zero-order valence-electron chi connectivity index (χ0n) is 11.5. The SMILES string of the molecule is CCc1ccc(C(C)Nc2cnc(C(=O)O)cn2)cc1. The molecule has 0 aliphatic carbocycles. The van der Waals surface area contributed by atoms with Gasteiger partial charge < -0.3 is 10.4 Å². The van der Waals surface area contributed by atoms with Crippen LogP contribution in [0, 0.1) is 0 Å². The molecule has 2 aromatic rings. The Bertz CT molecular complexity index is 579. The van der Waals surface area contributed by atoms with Gasteiger partial charge in [0.25, 0.3) is 0 Å². The van der Waals surface area contributed by atoms with Gasteiger partial charge in [0, 0.05) is 6.04 Å². The van der Waals surface area contributed by atoms with E-state index in [2.05, 4.69) is 46.5 Å². The van der Waals surface area contributed by atoms with E-state index >= 15 is 0 Å². The van der Waals surface area contributed by atoms with Crippen molar-refractivity contribution in [1.82, 2.24) is 9.97 Å². The Morgan fingerprint density at radius 3 is 2.45 bits per heavy atom. The maximum atomic E-state index is 10.7. The van der Waals surface area contributed by atoms with Crippen LogP contribution in [0.5, 0.6) is 0 Å². The summed E-state index contributed by atoms with van der Waals surface area (Å²) in [6.45, 7) is 4.14. The number of carboxylic acids is 1. The highest BCUT2D eigenvalue weighted by Gasteiger charge is 2.08. The summed E-state index contributed by atoms with van der Waals surface area (Å²) in [5.74, 6) is -0.519. The number of aryl methyl sites for hydroxylation is 1. The van der Waals surface area contributed by atoms with Crippen molar-refractivity contribution in [2.75, 3.05) is 5.32 Å². The summed E-state index contributed by atoms with van der Waals surface area (Å²) in [5.41, 5.74) is 2.38. The minimum atomic E-state index is -1.08. The second kappa shape index (κ2) is 6.14. The van der Waals surface area contributed by atoms with Gasteiger partial charge in [-0.1, -0.05) is 31.2 Å². The highest BCUT2D eigenvalue weighted by atomic mass is 16.4. The molecule has 5 heteroatoms. The van der Waals surface area contributed by atoms with Crippen molar-refractivity contribution in [1.29, 1.82) is 0 Å². The number of nitrogens with zero attached hydrogens (tertiary/aromatic N) is 2. The molecule has 2 N–H and O–H groups in total. The van der Waals surface area contributed by atoms with Crippen molar-refractivity contribution < 1.29 is 9.90 Å². The fourth-order valence-corrected chi connectivity index (χ4v) is 1.86. The van der Waals surface area contributed by atoms with Gasteiger partial charge >= 0.3 is 5.97 Å². The molecule has 0 radical (unpaired) electrons. The summed E-state index contributed by atoms with van der Waals surface area (Å²) in [6, 6.07) is 8.44. The van der Waals surface area contributed by atoms with E-state index in [4.69, 9.17) is 5.11 Å². The third kappa shape index (κ3) is 3.32. The molecule has 1 heterocycles. The van der Waals surface area contributed by atoms with Crippen molar-refractivity contribution in [3.05, 3.63) is 53.5 Å². The molecule has 0 spiro atoms. The van der Waals surface area contributed by atoms with Crippen LogP contribution in [0.4, 0.5) is 5.82 Å². The predicted octanol–water partition coefficient (Wildman–Crippen LogP) is 2.91. The summed E-state index contributed by atoms with van der Waals surface area (Å²) < 4.78 is 0. The number of carboxylic acid groups (broad SMARTS) is 1. The molecule has 1 atom stereocenters. The van der Waals surface area contributed by atoms with E-state index in [-0.39, 0.29) is 11.7 Å². The number of rotatable bonds is 5. The van der Waals surface area contributed by atoms with Gasteiger partial charge in [0.1, 0.15) is 5.82 Å². The summed E-state index contributed by atoms with van der Waals surface area (Å²) >= 11 is 0. The molecule has 1 aromatic heterocycles. The molecule has 1 unspecified atom stereocenters. The lowest BCUT2D eigenvalue weighted by atomic mass is 10.1. The zero-order valence-corrected chi connectivity index (χ0v) is 11.5. The number of nitrogens with one attached hydrogen (secondary N) is 1. The van der Waals surface area contributed by atoms with Gasteiger partial charge in [-0.2, -0.15) is 0 Å². The molecule has 0 saturated carbocycles. The first-order valence-corrected chi connectivity index (χ1v) is 6.51. The van der Waals surface area contributed by atoms with E-state index in [0.29, 0.717) is 5.82 Å². The maximum Gasteiger partial charge on any atom is 0.356 e. The van der Waals surface area contributed by atoms with E-state index in [9.17, 15) is 4.79 Å². The van der Waals surface area contributed by atoms with Gasteiger partial charge in [-0.3, -0.25) is 0 Å². The topological polar surface area (TPSA) is 75.1 Å². The smallest absolute Gasteiger partial charge is 0.356 e. The van der Waals surface area contributed by atoms with Gasteiger partial charge in [0.2, 0.25) is 0 Å². The second-order valence-corrected chi connectivity index (χ2v) is 4.55. The Balaban J connectivity index is 2.06. The van der Waals surface area contributed by atoms with Crippen LogP contribution in [0.3, 0.4) is 0 Å². The molecule has 0 fully saturated rings. The molecule has 0 aliphatic rings. The minimum Gasteiger partial charge on any atom is -0.476 e. The van der Waals surface area contributed by atoms with E-state index < -0.39 is 5.97 Å². The predicted molar refractivity (Wildman–Crippen MR) is 76.8 cm³/mol. The maximum absolute atomic E-state index is 10.7. The van der Waals surface area contributed by atoms with Crippen molar-refractivity contribution in [2.45, 2.75) is 26.3 Å². The summed E-state index contributed by atoms with van der Waals surface area (Å²) in [5, 5.41) is 12.0. The molecule has 5 nitrogen and oxygen atoms in total. The average Bonchev–Trinajstić information content (AvgIpc) is 2.48. The third-order valence-electron chi connectivity index (χ3n) is 3.12. The van der Waals surface area contributed by atoms with Crippen LogP contribution in [0.2, 0.25) is 0 Å². The number of aromatic carboxylic acids is 1. The first kappa shape index (κ1) is 14.0. The molecule has 0 saturated heterocycles. The first-order valence-electron chi connectivity index (χ1n) is 6.51. The molecule has 20 heavy (non-hydrogen) atoms. The van der Waals surface area contributed by atoms with Gasteiger partial charge in [0.05, 0.1) is 12.4 Å². The van der Waals surface area contributed by atoms with E-state index in [1.807, 2.05) is 6.92 Å². The molecule has 0 bridgehead atoms. The van der Waals surface area contributed by atoms with Crippen LogP contribution in [0.25, 0.3) is 0 Å². The van der Waals surface area contributed by atoms with Crippen molar-refractivity contribution in [2.24, 2.45) is 0 Å². The Labute approximate surface area is 117 Å². The van der Waals surface area contributed by atoms with Crippen LogP contribution < -0.4 is 5.32 Å². The van der Waals surface area contributed by atoms with E-state index in [1.54, 1.807) is 0 Å². The van der Waals surface area contributed by atoms with Crippen molar-refractivity contribution >= 4 is 11.8 Å². The first-order chi connectivity index (χ1) is 9.60. The fraction of sp³-hybridized carbons (Fsp3) is 0.267. The highest BCUT2D eigenvalue weighted by molar-refractivity contribution is 5.84. The lowest BCUT2D eigenvalue weighted by molar-refractivity contribution is 0.0690. The monoisotopic (exact) mass is 271 g/mol.